The largest absolute Gasteiger partial charge is 0.496 e. The second kappa shape index (κ2) is 5.03. The molecule has 1 aliphatic heterocycles. The first-order valence-corrected chi connectivity index (χ1v) is 7.53. The molecule has 0 aliphatic carbocycles. The summed E-state index contributed by atoms with van der Waals surface area (Å²) in [5.74, 6) is 0.963. The Labute approximate surface area is 129 Å². The third-order valence-electron chi connectivity index (χ3n) is 5.31. The van der Waals surface area contributed by atoms with Crippen LogP contribution in [0.3, 0.4) is 0 Å². The van der Waals surface area contributed by atoms with Gasteiger partial charge in [0, 0.05) is 0 Å². The lowest BCUT2D eigenvalue weighted by Crippen LogP contribution is -2.41. The molecule has 1 saturated heterocycles. The van der Waals surface area contributed by atoms with Crippen LogP contribution >= 0.6 is 0 Å². The molecule has 1 heterocycles. The van der Waals surface area contributed by atoms with Gasteiger partial charge in [-0.05, 0) is 83.1 Å². The molecular formula is C17H27BO3. The molecule has 4 heteroatoms. The minimum absolute atomic E-state index is 0.321. The SMILES string of the molecule is COc1c(C)c(C)c(B2OC(C)(C)C(C)(C)O2)c(C)c1C. The topological polar surface area (TPSA) is 27.7 Å². The number of hydrogen-bond donors (Lipinski definition) is 0. The zero-order chi connectivity index (χ0) is 16.2. The highest BCUT2D eigenvalue weighted by atomic mass is 16.7. The molecule has 0 amide bonds. The van der Waals surface area contributed by atoms with Gasteiger partial charge in [-0.2, -0.15) is 0 Å². The number of hydrogen-bond acceptors (Lipinski definition) is 3. The quantitative estimate of drug-likeness (QED) is 0.783. The average molecular weight is 290 g/mol. The van der Waals surface area contributed by atoms with Crippen molar-refractivity contribution in [3.63, 3.8) is 0 Å². The van der Waals surface area contributed by atoms with Crippen molar-refractivity contribution in [1.29, 1.82) is 0 Å². The van der Waals surface area contributed by atoms with Crippen LogP contribution in [0.2, 0.25) is 0 Å². The van der Waals surface area contributed by atoms with Crippen molar-refractivity contribution < 1.29 is 14.0 Å². The van der Waals surface area contributed by atoms with E-state index in [1.165, 1.54) is 11.1 Å². The van der Waals surface area contributed by atoms with Gasteiger partial charge in [-0.15, -0.1) is 0 Å². The van der Waals surface area contributed by atoms with Crippen molar-refractivity contribution in [2.45, 2.75) is 66.6 Å². The van der Waals surface area contributed by atoms with E-state index < -0.39 is 0 Å². The molecule has 0 saturated carbocycles. The summed E-state index contributed by atoms with van der Waals surface area (Å²) in [6.07, 6.45) is 0. The molecule has 1 aliphatic rings. The molecule has 0 radical (unpaired) electrons. The van der Waals surface area contributed by atoms with Gasteiger partial charge in [-0.1, -0.05) is 0 Å². The molecule has 0 bridgehead atoms. The van der Waals surface area contributed by atoms with Gasteiger partial charge in [0.25, 0.3) is 0 Å². The molecule has 0 spiro atoms. The third kappa shape index (κ3) is 2.38. The van der Waals surface area contributed by atoms with Crippen molar-refractivity contribution in [2.75, 3.05) is 7.11 Å². The summed E-state index contributed by atoms with van der Waals surface area (Å²) in [5, 5.41) is 0. The van der Waals surface area contributed by atoms with Gasteiger partial charge in [0.05, 0.1) is 18.3 Å². The Hall–Kier alpha value is -0.995. The molecule has 21 heavy (non-hydrogen) atoms. The highest BCUT2D eigenvalue weighted by Gasteiger charge is 2.52. The van der Waals surface area contributed by atoms with Gasteiger partial charge in [0.1, 0.15) is 5.75 Å². The van der Waals surface area contributed by atoms with Crippen molar-refractivity contribution in [3.8, 4) is 5.75 Å². The van der Waals surface area contributed by atoms with Crippen LogP contribution in [-0.2, 0) is 9.31 Å². The van der Waals surface area contributed by atoms with Crippen molar-refractivity contribution in [2.24, 2.45) is 0 Å². The Morgan fingerprint density at radius 1 is 0.762 bits per heavy atom. The first-order chi connectivity index (χ1) is 9.53. The predicted molar refractivity (Wildman–Crippen MR) is 87.7 cm³/mol. The summed E-state index contributed by atoms with van der Waals surface area (Å²) < 4.78 is 18.0. The fourth-order valence-electron chi connectivity index (χ4n) is 2.93. The van der Waals surface area contributed by atoms with Crippen molar-refractivity contribution in [1.82, 2.24) is 0 Å². The van der Waals surface area contributed by atoms with E-state index in [1.807, 2.05) is 0 Å². The Kier molecular flexibility index (Phi) is 3.92. The summed E-state index contributed by atoms with van der Waals surface area (Å²) in [6, 6.07) is 0. The smallest absolute Gasteiger partial charge is 0.495 e. The molecule has 0 aromatic heterocycles. The Morgan fingerprint density at radius 2 is 1.14 bits per heavy atom. The first kappa shape index (κ1) is 16.4. The van der Waals surface area contributed by atoms with Crippen LogP contribution in [0.4, 0.5) is 0 Å². The fourth-order valence-corrected chi connectivity index (χ4v) is 2.93. The highest BCUT2D eigenvalue weighted by molar-refractivity contribution is 6.63. The van der Waals surface area contributed by atoms with Crippen LogP contribution in [0.15, 0.2) is 0 Å². The Balaban J connectivity index is 2.57. The predicted octanol–water partition coefficient (Wildman–Crippen LogP) is 3.23. The maximum absolute atomic E-state index is 6.23. The molecular weight excluding hydrogens is 263 g/mol. The van der Waals surface area contributed by atoms with Crippen molar-refractivity contribution in [3.05, 3.63) is 22.3 Å². The normalized spacial score (nSPS) is 20.0. The number of benzene rings is 1. The summed E-state index contributed by atoms with van der Waals surface area (Å²) in [4.78, 5) is 0. The van der Waals surface area contributed by atoms with Crippen LogP contribution in [0, 0.1) is 27.7 Å². The average Bonchev–Trinajstić information content (AvgIpc) is 2.57. The van der Waals surface area contributed by atoms with E-state index in [1.54, 1.807) is 7.11 Å². The molecule has 116 valence electrons. The van der Waals surface area contributed by atoms with E-state index in [4.69, 9.17) is 14.0 Å². The van der Waals surface area contributed by atoms with Crippen molar-refractivity contribution >= 4 is 12.6 Å². The maximum Gasteiger partial charge on any atom is 0.495 e. The maximum atomic E-state index is 6.23. The molecule has 1 fully saturated rings. The van der Waals surface area contributed by atoms with E-state index in [-0.39, 0.29) is 18.3 Å². The van der Waals surface area contributed by atoms with E-state index in [0.717, 1.165) is 22.3 Å². The van der Waals surface area contributed by atoms with Gasteiger partial charge in [-0.3, -0.25) is 0 Å². The summed E-state index contributed by atoms with van der Waals surface area (Å²) in [5.41, 5.74) is 5.19. The van der Waals surface area contributed by atoms with E-state index in [0.29, 0.717) is 0 Å². The van der Waals surface area contributed by atoms with Gasteiger partial charge in [0.2, 0.25) is 0 Å². The zero-order valence-corrected chi connectivity index (χ0v) is 14.8. The molecule has 0 atom stereocenters. The van der Waals surface area contributed by atoms with Crippen LogP contribution in [0.25, 0.3) is 0 Å². The van der Waals surface area contributed by atoms with Crippen LogP contribution < -0.4 is 10.2 Å². The van der Waals surface area contributed by atoms with Gasteiger partial charge < -0.3 is 14.0 Å². The second-order valence-electron chi connectivity index (χ2n) is 7.04. The first-order valence-electron chi connectivity index (χ1n) is 7.53. The summed E-state index contributed by atoms with van der Waals surface area (Å²) >= 11 is 0. The zero-order valence-electron chi connectivity index (χ0n) is 14.8. The summed E-state index contributed by atoms with van der Waals surface area (Å²) in [7, 11) is 1.40. The number of ether oxygens (including phenoxy) is 1. The number of methoxy groups -OCH3 is 1. The molecule has 1 aromatic rings. The van der Waals surface area contributed by atoms with Gasteiger partial charge in [-0.25, -0.2) is 0 Å². The standard InChI is InChI=1S/C17H27BO3/c1-10-12(3)15(19-9)13(4)11(2)14(10)18-20-16(5,6)17(7,8)21-18/h1-9H3. The second-order valence-corrected chi connectivity index (χ2v) is 7.04. The van der Waals surface area contributed by atoms with Crippen LogP contribution in [0.5, 0.6) is 5.75 Å². The van der Waals surface area contributed by atoms with Gasteiger partial charge >= 0.3 is 7.12 Å². The van der Waals surface area contributed by atoms with Gasteiger partial charge in [0.15, 0.2) is 0 Å². The molecule has 0 unspecified atom stereocenters. The molecule has 1 aromatic carbocycles. The molecule has 3 nitrogen and oxygen atoms in total. The molecule has 0 N–H and O–H groups in total. The molecule has 2 rings (SSSR count). The minimum Gasteiger partial charge on any atom is -0.496 e. The van der Waals surface area contributed by atoms with E-state index >= 15 is 0 Å². The minimum atomic E-state index is -0.321. The Bertz CT molecular complexity index is 531. The van der Waals surface area contributed by atoms with Crippen LogP contribution in [0.1, 0.15) is 49.9 Å². The monoisotopic (exact) mass is 290 g/mol. The van der Waals surface area contributed by atoms with Crippen LogP contribution in [-0.4, -0.2) is 25.4 Å². The fraction of sp³-hybridized carbons (Fsp3) is 0.647. The number of rotatable bonds is 2. The van der Waals surface area contributed by atoms with E-state index in [2.05, 4.69) is 55.4 Å². The lowest BCUT2D eigenvalue weighted by Gasteiger charge is -2.32. The third-order valence-corrected chi connectivity index (χ3v) is 5.31. The highest BCUT2D eigenvalue weighted by Crippen LogP contribution is 2.38. The lowest BCUT2D eigenvalue weighted by molar-refractivity contribution is 0.00578. The van der Waals surface area contributed by atoms with E-state index in [9.17, 15) is 0 Å². The summed E-state index contributed by atoms with van der Waals surface area (Å²) in [6.45, 7) is 16.8. The lowest BCUT2D eigenvalue weighted by atomic mass is 9.71. The Morgan fingerprint density at radius 3 is 1.48 bits per heavy atom.